The highest BCUT2D eigenvalue weighted by Gasteiger charge is 2.27. The van der Waals surface area contributed by atoms with Crippen molar-refractivity contribution in [3.8, 4) is 0 Å². The number of nitrogens with one attached hydrogen (secondary N) is 1. The fourth-order valence-corrected chi connectivity index (χ4v) is 3.71. The number of benzene rings is 2. The first-order valence-electron chi connectivity index (χ1n) is 8.65. The number of nitrogens with zero attached hydrogens (tertiary/aromatic N) is 1. The molecule has 1 aromatic heterocycles. The Balaban J connectivity index is 1.57. The number of carbonyl (C=O) groups is 1. The number of likely N-dealkylation sites (tertiary alicyclic amines) is 1. The predicted octanol–water partition coefficient (Wildman–Crippen LogP) is 4.50. The van der Waals surface area contributed by atoms with E-state index < -0.39 is 0 Å². The molecule has 0 radical (unpaired) electrons. The molecule has 1 aliphatic rings. The zero-order valence-electron chi connectivity index (χ0n) is 14.0. The van der Waals surface area contributed by atoms with Crippen LogP contribution < -0.4 is 0 Å². The van der Waals surface area contributed by atoms with Crippen molar-refractivity contribution in [2.24, 2.45) is 0 Å². The number of piperidine rings is 1. The van der Waals surface area contributed by atoms with Gasteiger partial charge in [-0.15, -0.1) is 0 Å². The van der Waals surface area contributed by atoms with Gasteiger partial charge in [0.1, 0.15) is 0 Å². The lowest BCUT2D eigenvalue weighted by Gasteiger charge is -2.32. The van der Waals surface area contributed by atoms with Crippen molar-refractivity contribution in [3.63, 3.8) is 0 Å². The Bertz CT molecular complexity index is 847. The summed E-state index contributed by atoms with van der Waals surface area (Å²) >= 11 is 0. The van der Waals surface area contributed by atoms with Gasteiger partial charge in [-0.05, 0) is 48.9 Å². The van der Waals surface area contributed by atoms with E-state index in [1.54, 1.807) is 0 Å². The van der Waals surface area contributed by atoms with Gasteiger partial charge < -0.3 is 9.88 Å². The molecule has 1 aliphatic heterocycles. The summed E-state index contributed by atoms with van der Waals surface area (Å²) in [5.41, 5.74) is 4.30. The van der Waals surface area contributed by atoms with Crippen LogP contribution in [0.5, 0.6) is 0 Å². The molecule has 3 aromatic rings. The molecule has 1 atom stereocenters. The zero-order chi connectivity index (χ0) is 16.5. The normalized spacial score (nSPS) is 18.0. The molecule has 1 unspecified atom stereocenters. The summed E-state index contributed by atoms with van der Waals surface area (Å²) in [5.74, 6) is 0.549. The van der Waals surface area contributed by atoms with Gasteiger partial charge in [0.2, 0.25) is 0 Å². The van der Waals surface area contributed by atoms with E-state index in [4.69, 9.17) is 0 Å². The maximum atomic E-state index is 12.9. The third kappa shape index (κ3) is 2.71. The SMILES string of the molecule is Cc1ccccc1C(=O)N1CCCC(c2cc3ccccc3[nH]2)C1. The minimum atomic E-state index is 0.161. The third-order valence-electron chi connectivity index (χ3n) is 5.07. The van der Waals surface area contributed by atoms with Crippen molar-refractivity contribution >= 4 is 16.8 Å². The van der Waals surface area contributed by atoms with Crippen molar-refractivity contribution in [1.29, 1.82) is 0 Å². The highest BCUT2D eigenvalue weighted by Crippen LogP contribution is 2.29. The maximum Gasteiger partial charge on any atom is 0.254 e. The first kappa shape index (κ1) is 15.0. The Morgan fingerprint density at radius 2 is 1.92 bits per heavy atom. The number of hydrogen-bond donors (Lipinski definition) is 1. The van der Waals surface area contributed by atoms with E-state index in [-0.39, 0.29) is 5.91 Å². The number of aryl methyl sites for hydroxylation is 1. The molecule has 0 spiro atoms. The minimum Gasteiger partial charge on any atom is -0.358 e. The van der Waals surface area contributed by atoms with Gasteiger partial charge in [-0.1, -0.05) is 36.4 Å². The molecule has 2 heterocycles. The summed E-state index contributed by atoms with van der Waals surface area (Å²) in [6.45, 7) is 3.65. The number of para-hydroxylation sites is 1. The largest absolute Gasteiger partial charge is 0.358 e. The molecular weight excluding hydrogens is 296 g/mol. The molecule has 3 nitrogen and oxygen atoms in total. The second kappa shape index (κ2) is 6.16. The Morgan fingerprint density at radius 1 is 1.12 bits per heavy atom. The van der Waals surface area contributed by atoms with Gasteiger partial charge in [0.05, 0.1) is 0 Å². The third-order valence-corrected chi connectivity index (χ3v) is 5.07. The van der Waals surface area contributed by atoms with Crippen LogP contribution in [-0.2, 0) is 0 Å². The Morgan fingerprint density at radius 3 is 2.75 bits per heavy atom. The van der Waals surface area contributed by atoms with E-state index >= 15 is 0 Å². The van der Waals surface area contributed by atoms with Crippen LogP contribution in [0, 0.1) is 6.92 Å². The first-order chi connectivity index (χ1) is 11.7. The van der Waals surface area contributed by atoms with Crippen molar-refractivity contribution in [2.45, 2.75) is 25.7 Å². The summed E-state index contributed by atoms with van der Waals surface area (Å²) in [6, 6.07) is 18.5. The van der Waals surface area contributed by atoms with Gasteiger partial charge in [0, 0.05) is 35.8 Å². The van der Waals surface area contributed by atoms with E-state index in [0.717, 1.165) is 37.1 Å². The number of H-pyrrole nitrogens is 1. The lowest BCUT2D eigenvalue weighted by molar-refractivity contribution is 0.0705. The highest BCUT2D eigenvalue weighted by molar-refractivity contribution is 5.95. The Hall–Kier alpha value is -2.55. The predicted molar refractivity (Wildman–Crippen MR) is 97.4 cm³/mol. The molecule has 0 aliphatic carbocycles. The molecule has 0 saturated carbocycles. The van der Waals surface area contributed by atoms with Crippen molar-refractivity contribution in [2.75, 3.05) is 13.1 Å². The number of fused-ring (bicyclic) bond motifs is 1. The maximum absolute atomic E-state index is 12.9. The topological polar surface area (TPSA) is 36.1 Å². The van der Waals surface area contributed by atoms with E-state index in [1.165, 1.54) is 16.6 Å². The van der Waals surface area contributed by atoms with Gasteiger partial charge >= 0.3 is 0 Å². The van der Waals surface area contributed by atoms with Crippen LogP contribution in [0.1, 0.15) is 40.4 Å². The molecule has 0 bridgehead atoms. The molecule has 4 rings (SSSR count). The van der Waals surface area contributed by atoms with Crippen LogP contribution in [0.15, 0.2) is 54.6 Å². The lowest BCUT2D eigenvalue weighted by Crippen LogP contribution is -2.39. The van der Waals surface area contributed by atoms with Gasteiger partial charge in [0.25, 0.3) is 5.91 Å². The van der Waals surface area contributed by atoms with Crippen LogP contribution in [-0.4, -0.2) is 28.9 Å². The second-order valence-electron chi connectivity index (χ2n) is 6.72. The summed E-state index contributed by atoms with van der Waals surface area (Å²) in [5, 5.41) is 1.25. The first-order valence-corrected chi connectivity index (χ1v) is 8.65. The van der Waals surface area contributed by atoms with Gasteiger partial charge in [-0.2, -0.15) is 0 Å². The standard InChI is InChI=1S/C21H22N2O/c1-15-7-2-4-10-18(15)21(24)23-12-6-9-17(14-23)20-13-16-8-3-5-11-19(16)22-20/h2-5,7-8,10-11,13,17,22H,6,9,12,14H2,1H3. The number of aromatic amines is 1. The number of amides is 1. The second-order valence-corrected chi connectivity index (χ2v) is 6.72. The number of carbonyl (C=O) groups excluding carboxylic acids is 1. The molecule has 2 aromatic carbocycles. The van der Waals surface area contributed by atoms with Crippen LogP contribution >= 0.6 is 0 Å². The van der Waals surface area contributed by atoms with Gasteiger partial charge in [0.15, 0.2) is 0 Å². The quantitative estimate of drug-likeness (QED) is 0.742. The fourth-order valence-electron chi connectivity index (χ4n) is 3.71. The highest BCUT2D eigenvalue weighted by atomic mass is 16.2. The average Bonchev–Trinajstić information content (AvgIpc) is 3.06. The van der Waals surface area contributed by atoms with Crippen molar-refractivity contribution in [1.82, 2.24) is 9.88 Å². The number of hydrogen-bond acceptors (Lipinski definition) is 1. The molecule has 3 heteroatoms. The molecule has 1 N–H and O–H groups in total. The molecular formula is C21H22N2O. The van der Waals surface area contributed by atoms with Crippen LogP contribution in [0.3, 0.4) is 0 Å². The minimum absolute atomic E-state index is 0.161. The van der Waals surface area contributed by atoms with Gasteiger partial charge in [-0.3, -0.25) is 4.79 Å². The van der Waals surface area contributed by atoms with E-state index in [2.05, 4.69) is 35.3 Å². The van der Waals surface area contributed by atoms with Crippen LogP contribution in [0.2, 0.25) is 0 Å². The summed E-state index contributed by atoms with van der Waals surface area (Å²) < 4.78 is 0. The van der Waals surface area contributed by atoms with E-state index in [9.17, 15) is 4.79 Å². The smallest absolute Gasteiger partial charge is 0.254 e. The average molecular weight is 318 g/mol. The monoisotopic (exact) mass is 318 g/mol. The lowest BCUT2D eigenvalue weighted by atomic mass is 9.94. The Kier molecular flexibility index (Phi) is 3.85. The van der Waals surface area contributed by atoms with Crippen LogP contribution in [0.25, 0.3) is 10.9 Å². The van der Waals surface area contributed by atoms with Gasteiger partial charge in [-0.25, -0.2) is 0 Å². The summed E-state index contributed by atoms with van der Waals surface area (Å²) in [4.78, 5) is 18.4. The van der Waals surface area contributed by atoms with Crippen molar-refractivity contribution < 1.29 is 4.79 Å². The molecule has 24 heavy (non-hydrogen) atoms. The summed E-state index contributed by atoms with van der Waals surface area (Å²) in [7, 11) is 0. The fraction of sp³-hybridized carbons (Fsp3) is 0.286. The number of rotatable bonds is 2. The zero-order valence-corrected chi connectivity index (χ0v) is 14.0. The Labute approximate surface area is 142 Å². The molecule has 1 saturated heterocycles. The molecule has 1 amide bonds. The van der Waals surface area contributed by atoms with Crippen molar-refractivity contribution in [3.05, 3.63) is 71.4 Å². The van der Waals surface area contributed by atoms with Crippen LogP contribution in [0.4, 0.5) is 0 Å². The summed E-state index contributed by atoms with van der Waals surface area (Å²) in [6.07, 6.45) is 2.18. The number of aromatic nitrogens is 1. The molecule has 122 valence electrons. The molecule has 1 fully saturated rings. The van der Waals surface area contributed by atoms with E-state index in [1.807, 2.05) is 36.1 Å². The van der Waals surface area contributed by atoms with E-state index in [0.29, 0.717) is 5.92 Å².